The van der Waals surface area contributed by atoms with E-state index in [9.17, 15) is 0 Å². The Morgan fingerprint density at radius 1 is 1.44 bits per heavy atom. The number of hydrogen-bond acceptors (Lipinski definition) is 4. The molecule has 0 amide bonds. The van der Waals surface area contributed by atoms with E-state index in [0.29, 0.717) is 6.54 Å². The first kappa shape index (κ1) is 10.8. The molecule has 0 radical (unpaired) electrons. The zero-order chi connectivity index (χ0) is 11.4. The van der Waals surface area contributed by atoms with Crippen LogP contribution in [0.2, 0.25) is 0 Å². The first-order valence-electron chi connectivity index (χ1n) is 5.24. The van der Waals surface area contributed by atoms with Crippen LogP contribution in [0.15, 0.2) is 30.7 Å². The Bertz CT molecular complexity index is 437. The Balaban J connectivity index is 1.94. The zero-order valence-electron chi connectivity index (χ0n) is 9.46. The maximum Gasteiger partial charge on any atom is 0.125 e. The van der Waals surface area contributed by atoms with Crippen LogP contribution in [0.5, 0.6) is 0 Å². The summed E-state index contributed by atoms with van der Waals surface area (Å²) in [6.45, 7) is 2.78. The molecule has 1 N–H and O–H groups in total. The van der Waals surface area contributed by atoms with E-state index >= 15 is 0 Å². The fourth-order valence-corrected chi connectivity index (χ4v) is 1.57. The van der Waals surface area contributed by atoms with Gasteiger partial charge in [-0.1, -0.05) is 0 Å². The molecule has 2 aromatic heterocycles. The van der Waals surface area contributed by atoms with Crippen molar-refractivity contribution in [3.63, 3.8) is 0 Å². The molecule has 2 aromatic rings. The van der Waals surface area contributed by atoms with Crippen molar-refractivity contribution in [2.24, 2.45) is 7.05 Å². The molecule has 0 aliphatic rings. The topological polar surface area (TPSA) is 55.6 Å². The van der Waals surface area contributed by atoms with Gasteiger partial charge < -0.3 is 9.88 Å². The van der Waals surface area contributed by atoms with Crippen molar-refractivity contribution in [2.45, 2.75) is 19.5 Å². The lowest BCUT2D eigenvalue weighted by Crippen LogP contribution is -2.21. The molecule has 0 aromatic carbocycles. The lowest BCUT2D eigenvalue weighted by atomic mass is 10.3. The zero-order valence-corrected chi connectivity index (χ0v) is 9.46. The summed E-state index contributed by atoms with van der Waals surface area (Å²) in [5, 5.41) is 11.2. The number of hydrogen-bond donors (Lipinski definition) is 1. The molecule has 0 saturated heterocycles. The van der Waals surface area contributed by atoms with E-state index in [1.54, 1.807) is 12.4 Å². The second-order valence-corrected chi connectivity index (χ2v) is 3.71. The summed E-state index contributed by atoms with van der Waals surface area (Å²) in [5.74, 6) is 1.02. The van der Waals surface area contributed by atoms with Crippen LogP contribution < -0.4 is 5.32 Å². The average Bonchev–Trinajstić information content (AvgIpc) is 2.74. The van der Waals surface area contributed by atoms with Gasteiger partial charge in [0.1, 0.15) is 5.82 Å². The van der Waals surface area contributed by atoms with Crippen molar-refractivity contribution < 1.29 is 0 Å². The minimum absolute atomic E-state index is 0.196. The Morgan fingerprint density at radius 2 is 2.31 bits per heavy atom. The molecule has 0 fully saturated rings. The van der Waals surface area contributed by atoms with Gasteiger partial charge in [-0.25, -0.2) is 4.98 Å². The van der Waals surface area contributed by atoms with Gasteiger partial charge in [0.25, 0.3) is 0 Å². The molecule has 2 rings (SSSR count). The van der Waals surface area contributed by atoms with Gasteiger partial charge in [0.2, 0.25) is 0 Å². The van der Waals surface area contributed by atoms with Crippen molar-refractivity contribution >= 4 is 0 Å². The summed E-state index contributed by atoms with van der Waals surface area (Å²) in [7, 11) is 1.99. The molecule has 0 aliphatic heterocycles. The molecule has 0 aliphatic carbocycles. The molecule has 1 atom stereocenters. The second kappa shape index (κ2) is 4.85. The number of nitrogens with zero attached hydrogens (tertiary/aromatic N) is 4. The lowest BCUT2D eigenvalue weighted by molar-refractivity contribution is 0.523. The van der Waals surface area contributed by atoms with E-state index in [1.165, 1.54) is 0 Å². The predicted molar refractivity (Wildman–Crippen MR) is 60.5 cm³/mol. The van der Waals surface area contributed by atoms with E-state index in [2.05, 4.69) is 27.4 Å². The standard InChI is InChI=1S/C11H15N5/c1-9(11-12-6-7-16(11)2)13-8-10-4-3-5-14-15-10/h3-7,9,13H,8H2,1-2H3. The van der Waals surface area contributed by atoms with Crippen molar-refractivity contribution in [3.8, 4) is 0 Å². The fraction of sp³-hybridized carbons (Fsp3) is 0.364. The highest BCUT2D eigenvalue weighted by atomic mass is 15.1. The molecular formula is C11H15N5. The van der Waals surface area contributed by atoms with Gasteiger partial charge in [-0.15, -0.1) is 0 Å². The minimum atomic E-state index is 0.196. The number of rotatable bonds is 4. The number of aromatic nitrogens is 4. The Morgan fingerprint density at radius 3 is 2.94 bits per heavy atom. The largest absolute Gasteiger partial charge is 0.337 e. The summed E-state index contributed by atoms with van der Waals surface area (Å²) in [6, 6.07) is 4.03. The quantitative estimate of drug-likeness (QED) is 0.832. The highest BCUT2D eigenvalue weighted by Crippen LogP contribution is 2.08. The fourth-order valence-electron chi connectivity index (χ4n) is 1.57. The predicted octanol–water partition coefficient (Wildman–Crippen LogP) is 1.06. The third kappa shape index (κ3) is 2.43. The summed E-state index contributed by atoms with van der Waals surface area (Å²) in [4.78, 5) is 4.29. The molecule has 5 nitrogen and oxygen atoms in total. The number of imidazole rings is 1. The molecule has 0 saturated carbocycles. The van der Waals surface area contributed by atoms with E-state index in [-0.39, 0.29) is 6.04 Å². The van der Waals surface area contributed by atoms with Gasteiger partial charge in [0.05, 0.1) is 11.7 Å². The van der Waals surface area contributed by atoms with Crippen LogP contribution in [0.25, 0.3) is 0 Å². The normalized spacial score (nSPS) is 12.6. The van der Waals surface area contributed by atoms with Crippen molar-refractivity contribution in [3.05, 3.63) is 42.2 Å². The van der Waals surface area contributed by atoms with Gasteiger partial charge in [0.15, 0.2) is 0 Å². The molecule has 0 bridgehead atoms. The molecule has 2 heterocycles. The third-order valence-electron chi connectivity index (χ3n) is 2.46. The van der Waals surface area contributed by atoms with Gasteiger partial charge in [0, 0.05) is 32.2 Å². The highest BCUT2D eigenvalue weighted by molar-refractivity contribution is 5.01. The van der Waals surface area contributed by atoms with E-state index in [0.717, 1.165) is 11.5 Å². The minimum Gasteiger partial charge on any atom is -0.337 e. The van der Waals surface area contributed by atoms with Crippen molar-refractivity contribution in [1.29, 1.82) is 0 Å². The van der Waals surface area contributed by atoms with Crippen LogP contribution in [-0.2, 0) is 13.6 Å². The van der Waals surface area contributed by atoms with Crippen molar-refractivity contribution in [2.75, 3.05) is 0 Å². The third-order valence-corrected chi connectivity index (χ3v) is 2.46. The molecule has 5 heteroatoms. The summed E-state index contributed by atoms with van der Waals surface area (Å²) < 4.78 is 2.01. The van der Waals surface area contributed by atoms with Crippen LogP contribution in [-0.4, -0.2) is 19.7 Å². The number of nitrogens with one attached hydrogen (secondary N) is 1. The molecule has 84 valence electrons. The Labute approximate surface area is 94.5 Å². The first-order chi connectivity index (χ1) is 7.77. The second-order valence-electron chi connectivity index (χ2n) is 3.71. The maximum absolute atomic E-state index is 4.29. The van der Waals surface area contributed by atoms with Gasteiger partial charge in [-0.3, -0.25) is 0 Å². The maximum atomic E-state index is 4.29. The molecule has 16 heavy (non-hydrogen) atoms. The van der Waals surface area contributed by atoms with Crippen LogP contribution >= 0.6 is 0 Å². The van der Waals surface area contributed by atoms with E-state index < -0.39 is 0 Å². The SMILES string of the molecule is CC(NCc1cccnn1)c1nccn1C. The van der Waals surface area contributed by atoms with Crippen molar-refractivity contribution in [1.82, 2.24) is 25.1 Å². The monoisotopic (exact) mass is 217 g/mol. The van der Waals surface area contributed by atoms with E-state index in [4.69, 9.17) is 0 Å². The lowest BCUT2D eigenvalue weighted by Gasteiger charge is -2.12. The van der Waals surface area contributed by atoms with Crippen LogP contribution in [0.1, 0.15) is 24.5 Å². The van der Waals surface area contributed by atoms with Crippen LogP contribution in [0.3, 0.4) is 0 Å². The van der Waals surface area contributed by atoms with E-state index in [1.807, 2.05) is 29.9 Å². The molecule has 1 unspecified atom stereocenters. The van der Waals surface area contributed by atoms with Gasteiger partial charge in [-0.05, 0) is 19.1 Å². The van der Waals surface area contributed by atoms with Crippen LogP contribution in [0.4, 0.5) is 0 Å². The molecular weight excluding hydrogens is 202 g/mol. The van der Waals surface area contributed by atoms with Crippen LogP contribution in [0, 0.1) is 0 Å². The average molecular weight is 217 g/mol. The Kier molecular flexibility index (Phi) is 3.26. The first-order valence-corrected chi connectivity index (χ1v) is 5.24. The summed E-state index contributed by atoms with van der Waals surface area (Å²) >= 11 is 0. The summed E-state index contributed by atoms with van der Waals surface area (Å²) in [5.41, 5.74) is 0.934. The summed E-state index contributed by atoms with van der Waals surface area (Å²) in [6.07, 6.45) is 5.41. The number of aryl methyl sites for hydroxylation is 1. The van der Waals surface area contributed by atoms with Gasteiger partial charge in [-0.2, -0.15) is 10.2 Å². The highest BCUT2D eigenvalue weighted by Gasteiger charge is 2.09. The van der Waals surface area contributed by atoms with Gasteiger partial charge >= 0.3 is 0 Å². The molecule has 0 spiro atoms. The smallest absolute Gasteiger partial charge is 0.125 e. The Hall–Kier alpha value is -1.75.